The largest absolute Gasteiger partial charge is 0.484 e. The zero-order valence-corrected chi connectivity index (χ0v) is 13.7. The van der Waals surface area contributed by atoms with Crippen molar-refractivity contribution in [3.05, 3.63) is 66.1 Å². The first-order chi connectivity index (χ1) is 12.2. The molecule has 0 saturated carbocycles. The third kappa shape index (κ3) is 3.22. The monoisotopic (exact) mass is 338 g/mol. The maximum atomic E-state index is 13.2. The Balaban J connectivity index is 1.39. The lowest BCUT2D eigenvalue weighted by Gasteiger charge is -2.17. The minimum Gasteiger partial charge on any atom is -0.484 e. The van der Waals surface area contributed by atoms with Gasteiger partial charge >= 0.3 is 0 Å². The second-order valence-electron chi connectivity index (χ2n) is 6.36. The molecule has 2 aromatic carbocycles. The number of rotatable bonds is 4. The second kappa shape index (κ2) is 6.59. The molecule has 1 aliphatic heterocycles. The number of fused-ring (bicyclic) bond motifs is 1. The number of nitrogens with zero attached hydrogens (tertiary/aromatic N) is 1. The van der Waals surface area contributed by atoms with Crippen molar-refractivity contribution in [2.45, 2.75) is 12.3 Å². The van der Waals surface area contributed by atoms with E-state index in [0.29, 0.717) is 18.2 Å². The lowest BCUT2D eigenvalue weighted by atomic mass is 9.98. The van der Waals surface area contributed by atoms with Gasteiger partial charge in [-0.2, -0.15) is 0 Å². The molecule has 5 heteroatoms. The van der Waals surface area contributed by atoms with E-state index in [1.165, 1.54) is 23.1 Å². The van der Waals surface area contributed by atoms with Gasteiger partial charge < -0.3 is 14.6 Å². The highest BCUT2D eigenvalue weighted by molar-refractivity contribution is 5.84. The van der Waals surface area contributed by atoms with E-state index in [0.717, 1.165) is 18.5 Å². The minimum atomic E-state index is -0.370. The van der Waals surface area contributed by atoms with Crippen molar-refractivity contribution in [1.29, 1.82) is 0 Å². The summed E-state index contributed by atoms with van der Waals surface area (Å²) >= 11 is 0. The topological polar surface area (TPSA) is 45.3 Å². The van der Waals surface area contributed by atoms with Crippen molar-refractivity contribution in [3.8, 4) is 5.75 Å². The van der Waals surface area contributed by atoms with Crippen molar-refractivity contribution in [1.82, 2.24) is 9.88 Å². The summed E-state index contributed by atoms with van der Waals surface area (Å²) in [5.74, 6) is 0.270. The fourth-order valence-electron chi connectivity index (χ4n) is 3.47. The number of nitrogens with one attached hydrogen (secondary N) is 1. The summed E-state index contributed by atoms with van der Waals surface area (Å²) in [5, 5.41) is 1.22. The molecule has 1 amide bonds. The van der Waals surface area contributed by atoms with Gasteiger partial charge in [-0.1, -0.05) is 24.3 Å². The molecule has 25 heavy (non-hydrogen) atoms. The van der Waals surface area contributed by atoms with E-state index >= 15 is 0 Å². The molecule has 0 radical (unpaired) electrons. The fourth-order valence-corrected chi connectivity index (χ4v) is 3.47. The van der Waals surface area contributed by atoms with E-state index < -0.39 is 0 Å². The number of halogens is 1. The SMILES string of the molecule is O=C(COc1cccc(F)c1)N1CCC(c2c[nH]c3ccccc23)C1. The maximum absolute atomic E-state index is 13.2. The average molecular weight is 338 g/mol. The number of H-pyrrole nitrogens is 1. The Kier molecular flexibility index (Phi) is 4.14. The number of likely N-dealkylation sites (tertiary alicyclic amines) is 1. The van der Waals surface area contributed by atoms with E-state index in [4.69, 9.17) is 4.74 Å². The molecule has 1 unspecified atom stereocenters. The number of para-hydroxylation sites is 1. The standard InChI is InChI=1S/C20H19FN2O2/c21-15-4-3-5-16(10-15)25-13-20(24)23-9-8-14(12-23)18-11-22-19-7-2-1-6-17(18)19/h1-7,10-11,14,22H,8-9,12-13H2. The van der Waals surface area contributed by atoms with Crippen LogP contribution in [0.4, 0.5) is 4.39 Å². The molecule has 0 bridgehead atoms. The summed E-state index contributed by atoms with van der Waals surface area (Å²) in [6, 6.07) is 14.1. The van der Waals surface area contributed by atoms with Gasteiger partial charge in [0.25, 0.3) is 5.91 Å². The second-order valence-corrected chi connectivity index (χ2v) is 6.36. The zero-order chi connectivity index (χ0) is 17.2. The van der Waals surface area contributed by atoms with Gasteiger partial charge in [0.05, 0.1) is 0 Å². The predicted octanol–water partition coefficient (Wildman–Crippen LogP) is 3.70. The Bertz CT molecular complexity index is 905. The first kappa shape index (κ1) is 15.7. The molecule has 4 rings (SSSR count). The summed E-state index contributed by atoms with van der Waals surface area (Å²) in [7, 11) is 0. The number of carbonyl (C=O) groups excluding carboxylic acids is 1. The van der Waals surface area contributed by atoms with Gasteiger partial charge in [-0.3, -0.25) is 4.79 Å². The molecule has 0 aliphatic carbocycles. The highest BCUT2D eigenvalue weighted by atomic mass is 19.1. The number of amides is 1. The molecule has 1 N–H and O–H groups in total. The number of hydrogen-bond donors (Lipinski definition) is 1. The van der Waals surface area contributed by atoms with Crippen LogP contribution < -0.4 is 4.74 Å². The van der Waals surface area contributed by atoms with Crippen molar-refractivity contribution in [3.63, 3.8) is 0 Å². The van der Waals surface area contributed by atoms with E-state index in [-0.39, 0.29) is 18.3 Å². The van der Waals surface area contributed by atoms with Crippen molar-refractivity contribution < 1.29 is 13.9 Å². The van der Waals surface area contributed by atoms with Gasteiger partial charge in [0.2, 0.25) is 0 Å². The molecule has 3 aromatic rings. The lowest BCUT2D eigenvalue weighted by molar-refractivity contribution is -0.132. The van der Waals surface area contributed by atoms with Gasteiger partial charge in [0.15, 0.2) is 6.61 Å². The van der Waals surface area contributed by atoms with Gasteiger partial charge in [-0.05, 0) is 30.2 Å². The maximum Gasteiger partial charge on any atom is 0.260 e. The van der Waals surface area contributed by atoms with Crippen LogP contribution in [0.3, 0.4) is 0 Å². The quantitative estimate of drug-likeness (QED) is 0.788. The molecule has 0 spiro atoms. The summed E-state index contributed by atoms with van der Waals surface area (Å²) < 4.78 is 18.6. The van der Waals surface area contributed by atoms with E-state index in [9.17, 15) is 9.18 Å². The summed E-state index contributed by atoms with van der Waals surface area (Å²) in [5.41, 5.74) is 2.38. The first-order valence-corrected chi connectivity index (χ1v) is 8.43. The number of carbonyl (C=O) groups is 1. The van der Waals surface area contributed by atoms with Gasteiger partial charge in [0.1, 0.15) is 11.6 Å². The summed E-state index contributed by atoms with van der Waals surface area (Å²) in [6.07, 6.45) is 2.99. The van der Waals surface area contributed by atoms with Gasteiger partial charge in [-0.25, -0.2) is 4.39 Å². The Morgan fingerprint density at radius 2 is 2.12 bits per heavy atom. The van der Waals surface area contributed by atoms with Crippen LogP contribution in [0.25, 0.3) is 10.9 Å². The van der Waals surface area contributed by atoms with E-state index in [1.54, 1.807) is 12.1 Å². The van der Waals surface area contributed by atoms with E-state index in [2.05, 4.69) is 17.1 Å². The lowest BCUT2D eigenvalue weighted by Crippen LogP contribution is -2.32. The highest BCUT2D eigenvalue weighted by Crippen LogP contribution is 2.32. The number of ether oxygens (including phenoxy) is 1. The van der Waals surface area contributed by atoms with Crippen LogP contribution in [0.5, 0.6) is 5.75 Å². The number of aromatic nitrogens is 1. The molecule has 1 aliphatic rings. The molecule has 1 fully saturated rings. The van der Waals surface area contributed by atoms with Crippen LogP contribution in [-0.4, -0.2) is 35.5 Å². The molecule has 2 heterocycles. The molecule has 1 atom stereocenters. The predicted molar refractivity (Wildman–Crippen MR) is 94.1 cm³/mol. The van der Waals surface area contributed by atoms with Gasteiger partial charge in [-0.15, -0.1) is 0 Å². The molecule has 1 saturated heterocycles. The normalized spacial score (nSPS) is 17.2. The van der Waals surface area contributed by atoms with Crippen LogP contribution >= 0.6 is 0 Å². The Morgan fingerprint density at radius 1 is 1.24 bits per heavy atom. The van der Waals surface area contributed by atoms with Crippen LogP contribution in [-0.2, 0) is 4.79 Å². The summed E-state index contributed by atoms with van der Waals surface area (Å²) in [4.78, 5) is 17.5. The smallest absolute Gasteiger partial charge is 0.260 e. The van der Waals surface area contributed by atoms with E-state index in [1.807, 2.05) is 23.2 Å². The summed E-state index contributed by atoms with van der Waals surface area (Å²) in [6.45, 7) is 1.34. The Hall–Kier alpha value is -2.82. The molecule has 4 nitrogen and oxygen atoms in total. The number of benzene rings is 2. The number of hydrogen-bond acceptors (Lipinski definition) is 2. The Labute approximate surface area is 145 Å². The Morgan fingerprint density at radius 3 is 3.00 bits per heavy atom. The third-order valence-corrected chi connectivity index (χ3v) is 4.76. The molecule has 128 valence electrons. The zero-order valence-electron chi connectivity index (χ0n) is 13.7. The van der Waals surface area contributed by atoms with Gasteiger partial charge in [0, 0.05) is 42.2 Å². The minimum absolute atomic E-state index is 0.0633. The third-order valence-electron chi connectivity index (χ3n) is 4.76. The fraction of sp³-hybridized carbons (Fsp3) is 0.250. The van der Waals surface area contributed by atoms with Crippen molar-refractivity contribution in [2.75, 3.05) is 19.7 Å². The molecular weight excluding hydrogens is 319 g/mol. The van der Waals surface area contributed by atoms with Crippen molar-refractivity contribution in [2.24, 2.45) is 0 Å². The molecular formula is C20H19FN2O2. The molecule has 1 aromatic heterocycles. The number of aromatic amines is 1. The van der Waals surface area contributed by atoms with Crippen LogP contribution in [0.15, 0.2) is 54.7 Å². The van der Waals surface area contributed by atoms with Crippen LogP contribution in [0.2, 0.25) is 0 Å². The average Bonchev–Trinajstić information content (AvgIpc) is 3.26. The first-order valence-electron chi connectivity index (χ1n) is 8.43. The van der Waals surface area contributed by atoms with Crippen molar-refractivity contribution >= 4 is 16.8 Å². The van der Waals surface area contributed by atoms with Crippen LogP contribution in [0.1, 0.15) is 17.9 Å². The van der Waals surface area contributed by atoms with Crippen LogP contribution in [0, 0.1) is 5.82 Å². The highest BCUT2D eigenvalue weighted by Gasteiger charge is 2.28.